The number of carbonyl (C=O) groups is 2. The van der Waals surface area contributed by atoms with E-state index < -0.39 is 22.3 Å². The number of hydrogen-bond donors (Lipinski definition) is 0. The molecule has 1 amide bonds. The van der Waals surface area contributed by atoms with Gasteiger partial charge in [-0.3, -0.25) is 14.3 Å². The number of hydrogen-bond acceptors (Lipinski definition) is 6. The number of thiazole rings is 1. The third-order valence-corrected chi connectivity index (χ3v) is 9.30. The van der Waals surface area contributed by atoms with E-state index in [1.807, 2.05) is 19.9 Å². The van der Waals surface area contributed by atoms with Gasteiger partial charge in [-0.25, -0.2) is 14.1 Å². The van der Waals surface area contributed by atoms with Gasteiger partial charge in [-0.2, -0.15) is 23.4 Å². The number of allylic oxidation sites excluding steroid dienone is 1. The Morgan fingerprint density at radius 3 is 2.49 bits per heavy atom. The van der Waals surface area contributed by atoms with Gasteiger partial charge < -0.3 is 4.90 Å². The van der Waals surface area contributed by atoms with Crippen LogP contribution < -0.4 is 0 Å². The first-order valence-electron chi connectivity index (χ1n) is 13.8. The maximum Gasteiger partial charge on any atom is 0.427 e. The number of benzene rings is 1. The minimum atomic E-state index is -4.62. The van der Waals surface area contributed by atoms with Gasteiger partial charge in [0.15, 0.2) is 5.01 Å². The second kappa shape index (κ2) is 10.5. The molecule has 3 aromatic heterocycles. The van der Waals surface area contributed by atoms with Crippen molar-refractivity contribution in [3.63, 3.8) is 0 Å². The van der Waals surface area contributed by atoms with Crippen LogP contribution in [0.4, 0.5) is 17.6 Å². The number of amides is 1. The number of aryl methyl sites for hydroxylation is 1. The van der Waals surface area contributed by atoms with E-state index in [0.717, 1.165) is 16.8 Å². The van der Waals surface area contributed by atoms with Crippen molar-refractivity contribution >= 4 is 29.1 Å². The molecule has 3 heterocycles. The first kappa shape index (κ1) is 29.0. The molecule has 2 aliphatic carbocycles. The van der Waals surface area contributed by atoms with Crippen molar-refractivity contribution in [3.05, 3.63) is 87.1 Å². The number of nitrogens with zero attached hydrogens (tertiary/aromatic N) is 6. The zero-order valence-electron chi connectivity index (χ0n) is 23.6. The highest BCUT2D eigenvalue weighted by Crippen LogP contribution is 2.52. The Morgan fingerprint density at radius 2 is 1.86 bits per heavy atom. The van der Waals surface area contributed by atoms with Crippen molar-refractivity contribution in [2.75, 3.05) is 0 Å². The summed E-state index contributed by atoms with van der Waals surface area (Å²) in [7, 11) is 1.72. The molecule has 6 rings (SSSR count). The van der Waals surface area contributed by atoms with Crippen molar-refractivity contribution in [2.45, 2.75) is 57.8 Å². The maximum atomic E-state index is 14.4. The van der Waals surface area contributed by atoms with E-state index in [9.17, 15) is 27.2 Å². The summed E-state index contributed by atoms with van der Waals surface area (Å²) < 4.78 is 57.3. The minimum absolute atomic E-state index is 0.179. The first-order chi connectivity index (χ1) is 20.4. The lowest BCUT2D eigenvalue weighted by Crippen LogP contribution is -2.52. The lowest BCUT2D eigenvalue weighted by Gasteiger charge is -2.47. The van der Waals surface area contributed by atoms with Crippen LogP contribution in [-0.4, -0.2) is 53.2 Å². The summed E-state index contributed by atoms with van der Waals surface area (Å²) in [6.45, 7) is 3.80. The maximum absolute atomic E-state index is 14.4. The van der Waals surface area contributed by atoms with E-state index in [2.05, 4.69) is 15.2 Å². The summed E-state index contributed by atoms with van der Waals surface area (Å²) in [5.74, 6) is -1.11. The lowest BCUT2D eigenvalue weighted by molar-refractivity contribution is -0.134. The molecular weight excluding hydrogens is 584 g/mol. The Bertz CT molecular complexity index is 1740. The summed E-state index contributed by atoms with van der Waals surface area (Å²) in [6.07, 6.45) is 4.10. The minimum Gasteiger partial charge on any atom is -0.333 e. The molecule has 0 radical (unpaired) electrons. The highest BCUT2D eigenvalue weighted by atomic mass is 32.1. The molecule has 1 saturated carbocycles. The van der Waals surface area contributed by atoms with Crippen LogP contribution in [0, 0.1) is 11.2 Å². The molecule has 4 aromatic rings. The van der Waals surface area contributed by atoms with Crippen LogP contribution in [0.3, 0.4) is 0 Å². The number of Topliss-reactive ketones (excluding diaryl/α,β-unsaturated/α-hetero) is 1. The fourth-order valence-corrected chi connectivity index (χ4v) is 7.15. The predicted octanol–water partition coefficient (Wildman–Crippen LogP) is 6.13. The SMILES string of the molecule is CC(C)N(C(=O)c1cnn(C)c1)[C@H]1CCC2=Cc3c(cnn3-c3ccc(F)cc3)C[C@]2(C(=O)c2ncc(C(F)(F)F)s2)C1. The quantitative estimate of drug-likeness (QED) is 0.193. The molecule has 2 atom stereocenters. The fraction of sp³-hybridized carbons (Fsp3) is 0.367. The Balaban J connectivity index is 1.43. The zero-order valence-corrected chi connectivity index (χ0v) is 24.4. The molecular formula is C30H28F4N6O2S. The van der Waals surface area contributed by atoms with Crippen LogP contribution in [0.25, 0.3) is 11.8 Å². The molecule has 8 nitrogen and oxygen atoms in total. The smallest absolute Gasteiger partial charge is 0.333 e. The Hall–Kier alpha value is -4.13. The van der Waals surface area contributed by atoms with Gasteiger partial charge in [-0.15, -0.1) is 11.3 Å². The van der Waals surface area contributed by atoms with Gasteiger partial charge in [-0.1, -0.05) is 5.57 Å². The number of rotatable bonds is 6. The van der Waals surface area contributed by atoms with Crippen LogP contribution in [0.2, 0.25) is 0 Å². The van der Waals surface area contributed by atoms with Gasteiger partial charge in [0.2, 0.25) is 5.78 Å². The van der Waals surface area contributed by atoms with Gasteiger partial charge in [-0.05, 0) is 75.4 Å². The van der Waals surface area contributed by atoms with Crippen LogP contribution >= 0.6 is 11.3 Å². The third kappa shape index (κ3) is 5.09. The van der Waals surface area contributed by atoms with Crippen LogP contribution in [0.1, 0.15) is 69.4 Å². The molecule has 0 aliphatic heterocycles. The summed E-state index contributed by atoms with van der Waals surface area (Å²) in [5, 5.41) is 8.42. The molecule has 0 spiro atoms. The normalized spacial score (nSPS) is 20.0. The summed E-state index contributed by atoms with van der Waals surface area (Å²) >= 11 is 0.338. The van der Waals surface area contributed by atoms with E-state index >= 15 is 0 Å². The molecule has 0 N–H and O–H groups in total. The number of aromatic nitrogens is 5. The predicted molar refractivity (Wildman–Crippen MR) is 151 cm³/mol. The summed E-state index contributed by atoms with van der Waals surface area (Å²) in [6, 6.07) is 5.28. The molecule has 1 fully saturated rings. The van der Waals surface area contributed by atoms with E-state index in [1.165, 1.54) is 18.3 Å². The Labute approximate surface area is 248 Å². The molecule has 1 aromatic carbocycles. The lowest BCUT2D eigenvalue weighted by atomic mass is 9.60. The van der Waals surface area contributed by atoms with Crippen LogP contribution in [0.15, 0.2) is 54.6 Å². The van der Waals surface area contributed by atoms with Crippen LogP contribution in [0.5, 0.6) is 0 Å². The van der Waals surface area contributed by atoms with Gasteiger partial charge in [0.05, 0.1) is 41.0 Å². The highest BCUT2D eigenvalue weighted by Gasteiger charge is 2.52. The van der Waals surface area contributed by atoms with Gasteiger partial charge in [0.25, 0.3) is 5.91 Å². The molecule has 13 heteroatoms. The Kier molecular flexibility index (Phi) is 7.10. The first-order valence-corrected chi connectivity index (χ1v) is 14.6. The van der Waals surface area contributed by atoms with E-state index in [-0.39, 0.29) is 41.7 Å². The largest absolute Gasteiger partial charge is 0.427 e. The number of halogens is 4. The van der Waals surface area contributed by atoms with Crippen molar-refractivity contribution in [2.24, 2.45) is 12.5 Å². The fourth-order valence-electron chi connectivity index (χ4n) is 6.33. The van der Waals surface area contributed by atoms with Gasteiger partial charge in [0, 0.05) is 25.3 Å². The van der Waals surface area contributed by atoms with E-state index in [1.54, 1.807) is 45.8 Å². The molecule has 224 valence electrons. The molecule has 2 aliphatic rings. The number of carbonyl (C=O) groups excluding carboxylic acids is 2. The molecule has 43 heavy (non-hydrogen) atoms. The highest BCUT2D eigenvalue weighted by molar-refractivity contribution is 7.13. The number of alkyl halides is 3. The molecule has 0 bridgehead atoms. The van der Waals surface area contributed by atoms with Crippen molar-refractivity contribution in [3.8, 4) is 5.69 Å². The number of fused-ring (bicyclic) bond motifs is 2. The van der Waals surface area contributed by atoms with Crippen molar-refractivity contribution in [1.29, 1.82) is 0 Å². The van der Waals surface area contributed by atoms with Crippen molar-refractivity contribution in [1.82, 2.24) is 29.4 Å². The van der Waals surface area contributed by atoms with Gasteiger partial charge in [0.1, 0.15) is 10.7 Å². The average Bonchev–Trinajstić information content (AvgIpc) is 3.71. The van der Waals surface area contributed by atoms with Gasteiger partial charge >= 0.3 is 6.18 Å². The number of ketones is 1. The van der Waals surface area contributed by atoms with Crippen LogP contribution in [-0.2, 0) is 19.6 Å². The average molecular weight is 613 g/mol. The third-order valence-electron chi connectivity index (χ3n) is 8.26. The standard InChI is InChI=1S/C30H28F4N6O2S/c1-17(2)39(28(42)19-14-36-38(3)16-19)23-7-4-20-10-24-18(13-37-40(24)22-8-5-21(31)6-9-22)11-29(20,12-23)26(41)27-35-15-25(43-27)30(32,33)34/h5-6,8-10,13-17,23H,4,7,11-12H2,1-3H3/t23-,29-/m0/s1. The molecule has 0 saturated heterocycles. The second-order valence-electron chi connectivity index (χ2n) is 11.3. The summed E-state index contributed by atoms with van der Waals surface area (Å²) in [5.41, 5.74) is 2.03. The van der Waals surface area contributed by atoms with E-state index in [0.29, 0.717) is 41.6 Å². The van der Waals surface area contributed by atoms with E-state index in [4.69, 9.17) is 0 Å². The Morgan fingerprint density at radius 1 is 1.12 bits per heavy atom. The topological polar surface area (TPSA) is 85.9 Å². The zero-order chi connectivity index (χ0) is 30.7. The van der Waals surface area contributed by atoms with Crippen molar-refractivity contribution < 1.29 is 27.2 Å². The monoisotopic (exact) mass is 612 g/mol. The molecule has 0 unspecified atom stereocenters. The summed E-state index contributed by atoms with van der Waals surface area (Å²) in [4.78, 5) is 32.8. The second-order valence-corrected chi connectivity index (χ2v) is 12.4.